The number of nitrogens with zero attached hydrogens (tertiary/aromatic N) is 2. The molecule has 0 spiro atoms. The third-order valence-corrected chi connectivity index (χ3v) is 3.32. The fourth-order valence-electron chi connectivity index (χ4n) is 2.29. The minimum atomic E-state index is -4.59. The van der Waals surface area contributed by atoms with E-state index in [0.29, 0.717) is 6.42 Å². The Labute approximate surface area is 119 Å². The Morgan fingerprint density at radius 1 is 1.29 bits per heavy atom. The fourth-order valence-corrected chi connectivity index (χ4v) is 2.29. The lowest BCUT2D eigenvalue weighted by Gasteiger charge is -2.28. The summed E-state index contributed by atoms with van der Waals surface area (Å²) in [5, 5.41) is 0. The van der Waals surface area contributed by atoms with Gasteiger partial charge in [0.1, 0.15) is 6.10 Å². The molecule has 2 rings (SSSR count). The van der Waals surface area contributed by atoms with Crippen molar-refractivity contribution < 1.29 is 22.6 Å². The summed E-state index contributed by atoms with van der Waals surface area (Å²) < 4.78 is 49.0. The van der Waals surface area contributed by atoms with Crippen LogP contribution in [0.25, 0.3) is 0 Å². The average Bonchev–Trinajstić information content (AvgIpc) is 2.46. The van der Waals surface area contributed by atoms with E-state index in [0.717, 1.165) is 25.3 Å². The molecule has 1 heterocycles. The molecule has 2 unspecified atom stereocenters. The number of hydrogen-bond donors (Lipinski definition) is 2. The van der Waals surface area contributed by atoms with E-state index in [1.165, 1.54) is 0 Å². The van der Waals surface area contributed by atoms with Crippen molar-refractivity contribution in [1.29, 1.82) is 0 Å². The van der Waals surface area contributed by atoms with Gasteiger partial charge in [0.25, 0.3) is 0 Å². The fraction of sp³-hybridized carbons (Fsp3) is 0.667. The van der Waals surface area contributed by atoms with Gasteiger partial charge < -0.3 is 9.47 Å². The molecule has 2 atom stereocenters. The number of aromatic nitrogens is 2. The summed E-state index contributed by atoms with van der Waals surface area (Å²) in [4.78, 5) is 7.07. The van der Waals surface area contributed by atoms with E-state index in [9.17, 15) is 13.2 Å². The molecule has 0 aliphatic heterocycles. The maximum absolute atomic E-state index is 12.7. The number of anilines is 1. The molecule has 0 amide bonds. The first-order valence-electron chi connectivity index (χ1n) is 6.54. The molecule has 118 valence electrons. The lowest BCUT2D eigenvalue weighted by atomic mass is 9.95. The van der Waals surface area contributed by atoms with Crippen LogP contribution in [0.1, 0.15) is 31.4 Å². The van der Waals surface area contributed by atoms with Gasteiger partial charge in [-0.3, -0.25) is 5.43 Å². The molecule has 1 aliphatic rings. The molecule has 3 N–H and O–H groups in total. The number of rotatable bonds is 4. The smallest absolute Gasteiger partial charge is 0.433 e. The summed E-state index contributed by atoms with van der Waals surface area (Å²) in [6.07, 6.45) is -1.59. The van der Waals surface area contributed by atoms with Crippen LogP contribution >= 0.6 is 0 Å². The maximum Gasteiger partial charge on any atom is 0.433 e. The molecule has 9 heteroatoms. The second-order valence-corrected chi connectivity index (χ2v) is 4.82. The summed E-state index contributed by atoms with van der Waals surface area (Å²) in [6.45, 7) is 0. The monoisotopic (exact) mass is 306 g/mol. The van der Waals surface area contributed by atoms with Gasteiger partial charge in [-0.05, 0) is 19.3 Å². The zero-order chi connectivity index (χ0) is 15.5. The van der Waals surface area contributed by atoms with E-state index in [4.69, 9.17) is 15.3 Å². The molecular formula is C12H17F3N4O2. The molecule has 1 fully saturated rings. The molecule has 1 saturated carbocycles. The van der Waals surface area contributed by atoms with Crippen molar-refractivity contribution in [3.05, 3.63) is 11.8 Å². The Morgan fingerprint density at radius 2 is 2.00 bits per heavy atom. The number of nitrogens with two attached hydrogens (primary N) is 1. The van der Waals surface area contributed by atoms with Crippen LogP contribution < -0.4 is 16.0 Å². The van der Waals surface area contributed by atoms with Crippen LogP contribution in [-0.2, 0) is 10.9 Å². The number of hydrazine groups is 1. The average molecular weight is 306 g/mol. The van der Waals surface area contributed by atoms with Gasteiger partial charge in [-0.15, -0.1) is 0 Å². The predicted molar refractivity (Wildman–Crippen MR) is 68.5 cm³/mol. The van der Waals surface area contributed by atoms with E-state index in [-0.39, 0.29) is 24.0 Å². The van der Waals surface area contributed by atoms with Gasteiger partial charge in [0.15, 0.2) is 5.69 Å². The topological polar surface area (TPSA) is 82.3 Å². The standard InChI is InChI=1S/C12H17F3N4O2/c1-20-7-3-2-4-8(5-7)21-10-6-9(12(13,14)15)17-11(18-10)19-16/h6-8H,2-5,16H2,1H3,(H,17,18,19). The van der Waals surface area contributed by atoms with E-state index in [2.05, 4.69) is 9.97 Å². The summed E-state index contributed by atoms with van der Waals surface area (Å²) in [6, 6.07) is 0.775. The Hall–Kier alpha value is -1.61. The van der Waals surface area contributed by atoms with E-state index in [1.54, 1.807) is 7.11 Å². The minimum absolute atomic E-state index is 0.0553. The van der Waals surface area contributed by atoms with Gasteiger partial charge in [-0.25, -0.2) is 10.8 Å². The van der Waals surface area contributed by atoms with Crippen molar-refractivity contribution in [2.45, 2.75) is 44.1 Å². The molecule has 0 saturated heterocycles. The summed E-state index contributed by atoms with van der Waals surface area (Å²) >= 11 is 0. The van der Waals surface area contributed by atoms with Crippen LogP contribution in [0.2, 0.25) is 0 Å². The van der Waals surface area contributed by atoms with E-state index < -0.39 is 11.9 Å². The van der Waals surface area contributed by atoms with Crippen LogP contribution in [0, 0.1) is 0 Å². The second kappa shape index (κ2) is 6.44. The number of alkyl halides is 3. The Balaban J connectivity index is 2.15. The van der Waals surface area contributed by atoms with E-state index >= 15 is 0 Å². The van der Waals surface area contributed by atoms with Crippen LogP contribution in [0.3, 0.4) is 0 Å². The van der Waals surface area contributed by atoms with Crippen molar-refractivity contribution in [1.82, 2.24) is 9.97 Å². The molecular weight excluding hydrogens is 289 g/mol. The van der Waals surface area contributed by atoms with Crippen LogP contribution in [-0.4, -0.2) is 29.3 Å². The quantitative estimate of drug-likeness (QED) is 0.655. The first-order chi connectivity index (χ1) is 9.92. The van der Waals surface area contributed by atoms with E-state index in [1.807, 2.05) is 5.43 Å². The summed E-state index contributed by atoms with van der Waals surface area (Å²) in [5.74, 6) is 4.61. The third kappa shape index (κ3) is 4.18. The van der Waals surface area contributed by atoms with Gasteiger partial charge in [-0.1, -0.05) is 0 Å². The van der Waals surface area contributed by atoms with Crippen molar-refractivity contribution in [3.63, 3.8) is 0 Å². The number of methoxy groups -OCH3 is 1. The molecule has 1 aromatic heterocycles. The minimum Gasteiger partial charge on any atom is -0.474 e. The zero-order valence-electron chi connectivity index (χ0n) is 11.5. The highest BCUT2D eigenvalue weighted by atomic mass is 19.4. The van der Waals surface area contributed by atoms with Crippen LogP contribution in [0.4, 0.5) is 19.1 Å². The van der Waals surface area contributed by atoms with Crippen LogP contribution in [0.15, 0.2) is 6.07 Å². The Morgan fingerprint density at radius 3 is 2.62 bits per heavy atom. The highest BCUT2D eigenvalue weighted by molar-refractivity contribution is 5.30. The van der Waals surface area contributed by atoms with Gasteiger partial charge in [-0.2, -0.15) is 18.2 Å². The summed E-state index contributed by atoms with van der Waals surface area (Å²) in [7, 11) is 1.61. The van der Waals surface area contributed by atoms with Gasteiger partial charge >= 0.3 is 6.18 Å². The molecule has 21 heavy (non-hydrogen) atoms. The number of ether oxygens (including phenoxy) is 2. The predicted octanol–water partition coefficient (Wildman–Crippen LogP) is 2.12. The normalized spacial score (nSPS) is 22.9. The zero-order valence-corrected chi connectivity index (χ0v) is 11.5. The van der Waals surface area contributed by atoms with Crippen molar-refractivity contribution in [3.8, 4) is 5.88 Å². The largest absolute Gasteiger partial charge is 0.474 e. The molecule has 0 aromatic carbocycles. The SMILES string of the molecule is COC1CCCC(Oc2cc(C(F)(F)F)nc(NN)n2)C1. The number of hydrogen-bond acceptors (Lipinski definition) is 6. The highest BCUT2D eigenvalue weighted by Crippen LogP contribution is 2.31. The summed E-state index contributed by atoms with van der Waals surface area (Å²) in [5.41, 5.74) is 0.912. The van der Waals surface area contributed by atoms with Gasteiger partial charge in [0.05, 0.1) is 6.10 Å². The lowest BCUT2D eigenvalue weighted by molar-refractivity contribution is -0.141. The van der Waals surface area contributed by atoms with Gasteiger partial charge in [0.2, 0.25) is 11.8 Å². The second-order valence-electron chi connectivity index (χ2n) is 4.82. The van der Waals surface area contributed by atoms with Crippen molar-refractivity contribution in [2.75, 3.05) is 12.5 Å². The van der Waals surface area contributed by atoms with Crippen LogP contribution in [0.5, 0.6) is 5.88 Å². The highest BCUT2D eigenvalue weighted by Gasteiger charge is 2.34. The Bertz CT molecular complexity index is 484. The molecule has 1 aromatic rings. The first kappa shape index (κ1) is 15.8. The van der Waals surface area contributed by atoms with Crippen molar-refractivity contribution >= 4 is 5.95 Å². The first-order valence-corrected chi connectivity index (χ1v) is 6.54. The Kier molecular flexibility index (Phi) is 4.84. The lowest BCUT2D eigenvalue weighted by Crippen LogP contribution is -2.30. The molecule has 1 aliphatic carbocycles. The number of nitrogen functional groups attached to an aromatic ring is 1. The molecule has 0 bridgehead atoms. The van der Waals surface area contributed by atoms with Crippen molar-refractivity contribution in [2.24, 2.45) is 5.84 Å². The third-order valence-electron chi connectivity index (χ3n) is 3.32. The molecule has 0 radical (unpaired) electrons. The number of halogens is 3. The van der Waals surface area contributed by atoms with Gasteiger partial charge in [0, 0.05) is 19.6 Å². The maximum atomic E-state index is 12.7. The number of nitrogens with one attached hydrogen (secondary N) is 1. The molecule has 6 nitrogen and oxygen atoms in total.